The van der Waals surface area contributed by atoms with Crippen LogP contribution in [0.5, 0.6) is 0 Å². The predicted molar refractivity (Wildman–Crippen MR) is 201 cm³/mol. The van der Waals surface area contributed by atoms with E-state index in [0.717, 1.165) is 43.4 Å². The number of allylic oxidation sites excluding steroid dienone is 2. The topological polar surface area (TPSA) is 121 Å². The van der Waals surface area contributed by atoms with Gasteiger partial charge in [-0.1, -0.05) is 55.5 Å². The molecular weight excluding hydrogens is 695 g/mol. The van der Waals surface area contributed by atoms with Crippen molar-refractivity contribution in [3.63, 3.8) is 0 Å². The van der Waals surface area contributed by atoms with Crippen LogP contribution in [0, 0.1) is 17.7 Å². The first-order valence-electron chi connectivity index (χ1n) is 18.8. The Balaban J connectivity index is 1.05. The molecule has 54 heavy (non-hydrogen) atoms. The van der Waals surface area contributed by atoms with Gasteiger partial charge in [0.1, 0.15) is 5.82 Å². The largest absolute Gasteiger partial charge is 0.435 e. The lowest BCUT2D eigenvalue weighted by molar-refractivity contribution is -0.0152. The number of aromatic nitrogens is 2. The van der Waals surface area contributed by atoms with E-state index < -0.39 is 34.7 Å². The summed E-state index contributed by atoms with van der Waals surface area (Å²) in [4.78, 5) is 36.7. The number of amides is 3. The van der Waals surface area contributed by atoms with Crippen molar-refractivity contribution in [3.8, 4) is 0 Å². The van der Waals surface area contributed by atoms with Crippen LogP contribution < -0.4 is 10.6 Å². The first-order chi connectivity index (χ1) is 26.0. The Hall–Kier alpha value is -4.97. The second-order valence-electron chi connectivity index (χ2n) is 14.6. The van der Waals surface area contributed by atoms with E-state index in [9.17, 15) is 19.1 Å². The fraction of sp³-hybridized carbons (Fsp3) is 0.429. The van der Waals surface area contributed by atoms with E-state index >= 15 is 8.78 Å². The summed E-state index contributed by atoms with van der Waals surface area (Å²) < 4.78 is 50.3. The number of likely N-dealkylation sites (tertiary alicyclic amines) is 1. The normalized spacial score (nSPS) is 21.4. The molecule has 2 aliphatic rings. The van der Waals surface area contributed by atoms with Crippen molar-refractivity contribution in [1.82, 2.24) is 14.9 Å². The molecule has 1 saturated carbocycles. The number of rotatable bonds is 11. The molecule has 3 amide bonds. The zero-order valence-electron chi connectivity index (χ0n) is 30.7. The van der Waals surface area contributed by atoms with Crippen molar-refractivity contribution in [2.45, 2.75) is 89.1 Å². The molecule has 3 heterocycles. The quantitative estimate of drug-likeness (QED) is 0.132. The number of carbonyl (C=O) groups is 2. The zero-order chi connectivity index (χ0) is 38.3. The first kappa shape index (κ1) is 38.7. The number of nitrogens with zero attached hydrogens (tertiary/aromatic N) is 3. The SMILES string of the molecule is CC=CC(F)(F)c1nc(CCC2CCC(O)(c3ccccc3)CC2)oc1C(=O)Nc1ccc(C(C)C2CCCN(C(=O)Nc3ccccc3F)CC2)nc1. The fourth-order valence-electron chi connectivity index (χ4n) is 7.71. The van der Waals surface area contributed by atoms with Crippen molar-refractivity contribution in [2.24, 2.45) is 11.8 Å². The highest BCUT2D eigenvalue weighted by Gasteiger charge is 2.39. The summed E-state index contributed by atoms with van der Waals surface area (Å²) in [6.45, 7) is 4.61. The van der Waals surface area contributed by atoms with Gasteiger partial charge in [-0.25, -0.2) is 14.2 Å². The minimum atomic E-state index is -3.52. The molecule has 2 unspecified atom stereocenters. The van der Waals surface area contributed by atoms with Crippen LogP contribution in [-0.2, 0) is 17.9 Å². The summed E-state index contributed by atoms with van der Waals surface area (Å²) in [5, 5.41) is 16.5. The molecule has 2 atom stereocenters. The number of oxazole rings is 1. The van der Waals surface area contributed by atoms with Gasteiger partial charge in [0, 0.05) is 31.1 Å². The number of aryl methyl sites for hydroxylation is 1. The number of halogens is 3. The second kappa shape index (κ2) is 17.0. The summed E-state index contributed by atoms with van der Waals surface area (Å²) in [6.07, 6.45) is 9.46. The molecule has 286 valence electrons. The summed E-state index contributed by atoms with van der Waals surface area (Å²) in [6, 6.07) is 18.9. The number of benzene rings is 2. The Kier molecular flexibility index (Phi) is 12.2. The van der Waals surface area contributed by atoms with Crippen LogP contribution in [0.1, 0.15) is 105 Å². The molecule has 1 saturated heterocycles. The van der Waals surface area contributed by atoms with Gasteiger partial charge in [0.25, 0.3) is 5.91 Å². The molecule has 1 aliphatic heterocycles. The molecule has 4 aromatic rings. The fourth-order valence-corrected chi connectivity index (χ4v) is 7.71. The number of anilines is 2. The number of hydrogen-bond acceptors (Lipinski definition) is 6. The van der Waals surface area contributed by atoms with Crippen LogP contribution in [0.3, 0.4) is 0 Å². The number of nitrogens with one attached hydrogen (secondary N) is 2. The van der Waals surface area contributed by atoms with Crippen LogP contribution >= 0.6 is 0 Å². The van der Waals surface area contributed by atoms with Crippen molar-refractivity contribution in [3.05, 3.63) is 119 Å². The number of alkyl halides is 2. The van der Waals surface area contributed by atoms with Crippen molar-refractivity contribution < 1.29 is 32.3 Å². The van der Waals surface area contributed by atoms with Crippen molar-refractivity contribution >= 4 is 23.3 Å². The Labute approximate surface area is 314 Å². The first-order valence-corrected chi connectivity index (χ1v) is 18.8. The highest BCUT2D eigenvalue weighted by molar-refractivity contribution is 6.03. The monoisotopic (exact) mass is 743 g/mol. The molecule has 9 nitrogen and oxygen atoms in total. The summed E-state index contributed by atoms with van der Waals surface area (Å²) >= 11 is 0. The van der Waals surface area contributed by atoms with Gasteiger partial charge in [0.15, 0.2) is 11.6 Å². The predicted octanol–water partition coefficient (Wildman–Crippen LogP) is 9.58. The Bertz CT molecular complexity index is 1910. The molecule has 3 N–H and O–H groups in total. The lowest BCUT2D eigenvalue weighted by Gasteiger charge is -2.36. The summed E-state index contributed by atoms with van der Waals surface area (Å²) in [7, 11) is 0. The van der Waals surface area contributed by atoms with Gasteiger partial charge in [-0.2, -0.15) is 8.78 Å². The maximum Gasteiger partial charge on any atom is 0.321 e. The van der Waals surface area contributed by atoms with Gasteiger partial charge in [-0.15, -0.1) is 0 Å². The minimum absolute atomic E-state index is 0.0450. The zero-order valence-corrected chi connectivity index (χ0v) is 30.7. The van der Waals surface area contributed by atoms with E-state index in [4.69, 9.17) is 4.42 Å². The van der Waals surface area contributed by atoms with Gasteiger partial charge >= 0.3 is 12.0 Å². The molecule has 12 heteroatoms. The maximum atomic E-state index is 15.2. The number of hydrogen-bond donors (Lipinski definition) is 3. The standard InChI is InChI=1S/C42H48F3N5O4/c1-3-22-42(44,45)38-37(54-36(49-38)18-15-29-19-23-41(53,24-20-29)31-11-5-4-6-12-31)39(51)47-32-16-17-34(46-27-32)28(2)30-10-9-25-50(26-21-30)40(52)48-35-14-8-7-13-33(35)43/h3-8,11-14,16-17,22,27-30,53H,9-10,15,18-21,23-26H2,1-2H3,(H,47,51)(H,48,52). The van der Waals surface area contributed by atoms with Gasteiger partial charge in [0.05, 0.1) is 23.2 Å². The molecular formula is C42H48F3N5O4. The second-order valence-corrected chi connectivity index (χ2v) is 14.6. The van der Waals surface area contributed by atoms with Crippen LogP contribution in [0.4, 0.5) is 29.3 Å². The molecule has 0 bridgehead atoms. The van der Waals surface area contributed by atoms with E-state index in [0.29, 0.717) is 44.1 Å². The van der Waals surface area contributed by atoms with E-state index in [2.05, 4.69) is 27.5 Å². The summed E-state index contributed by atoms with van der Waals surface area (Å²) in [5.41, 5.74) is 0.559. The Morgan fingerprint density at radius 2 is 1.76 bits per heavy atom. The molecule has 6 rings (SSSR count). The maximum absolute atomic E-state index is 15.2. The third-order valence-corrected chi connectivity index (χ3v) is 11.0. The lowest BCUT2D eigenvalue weighted by atomic mass is 9.74. The van der Waals surface area contributed by atoms with Crippen LogP contribution in [0.2, 0.25) is 0 Å². The van der Waals surface area contributed by atoms with E-state index in [1.54, 1.807) is 29.2 Å². The molecule has 2 aromatic heterocycles. The van der Waals surface area contributed by atoms with Gasteiger partial charge in [-0.05, 0) is 106 Å². The lowest BCUT2D eigenvalue weighted by Crippen LogP contribution is -2.36. The third kappa shape index (κ3) is 9.21. The van der Waals surface area contributed by atoms with Gasteiger partial charge in [0.2, 0.25) is 5.76 Å². The molecule has 2 fully saturated rings. The number of para-hydroxylation sites is 1. The number of pyridine rings is 1. The third-order valence-electron chi connectivity index (χ3n) is 11.0. The van der Waals surface area contributed by atoms with E-state index in [1.807, 2.05) is 30.3 Å². The van der Waals surface area contributed by atoms with Crippen molar-refractivity contribution in [2.75, 3.05) is 23.7 Å². The Morgan fingerprint density at radius 3 is 2.46 bits per heavy atom. The number of urea groups is 1. The smallest absolute Gasteiger partial charge is 0.321 e. The Morgan fingerprint density at radius 1 is 1.02 bits per heavy atom. The number of carbonyl (C=O) groups excluding carboxylic acids is 2. The number of aliphatic hydroxyl groups is 1. The molecule has 0 radical (unpaired) electrons. The van der Waals surface area contributed by atoms with Crippen LogP contribution in [0.25, 0.3) is 0 Å². The van der Waals surface area contributed by atoms with E-state index in [1.165, 1.54) is 31.3 Å². The minimum Gasteiger partial charge on any atom is -0.435 e. The molecule has 0 spiro atoms. The highest BCUT2D eigenvalue weighted by Crippen LogP contribution is 2.41. The van der Waals surface area contributed by atoms with Crippen molar-refractivity contribution in [1.29, 1.82) is 0 Å². The molecule has 1 aliphatic carbocycles. The average Bonchev–Trinajstić information content (AvgIpc) is 3.47. The highest BCUT2D eigenvalue weighted by atomic mass is 19.3. The van der Waals surface area contributed by atoms with Crippen LogP contribution in [0.15, 0.2) is 89.5 Å². The van der Waals surface area contributed by atoms with Gasteiger partial charge in [-0.3, -0.25) is 9.78 Å². The average molecular weight is 744 g/mol. The van der Waals surface area contributed by atoms with E-state index in [-0.39, 0.29) is 41.8 Å². The van der Waals surface area contributed by atoms with Gasteiger partial charge < -0.3 is 25.1 Å². The molecule has 2 aromatic carbocycles. The van der Waals surface area contributed by atoms with Crippen LogP contribution in [-0.4, -0.2) is 45.0 Å². The summed E-state index contributed by atoms with van der Waals surface area (Å²) in [5.74, 6) is -4.80.